The summed E-state index contributed by atoms with van der Waals surface area (Å²) in [6, 6.07) is 13.2. The molecule has 2 unspecified atom stereocenters. The summed E-state index contributed by atoms with van der Waals surface area (Å²) in [7, 11) is 0. The normalized spacial score (nSPS) is 13.3. The molecule has 2 heterocycles. The molecule has 0 aliphatic heterocycles. The molecule has 0 spiro atoms. The van der Waals surface area contributed by atoms with Crippen LogP contribution in [0.25, 0.3) is 10.9 Å². The van der Waals surface area contributed by atoms with Crippen LogP contribution in [0.15, 0.2) is 65.4 Å². The van der Waals surface area contributed by atoms with E-state index in [1.165, 1.54) is 18.4 Å². The van der Waals surface area contributed by atoms with Crippen LogP contribution in [0, 0.1) is 5.82 Å². The van der Waals surface area contributed by atoms with Crippen LogP contribution in [0.1, 0.15) is 46.5 Å². The average molecular weight is 392 g/mol. The van der Waals surface area contributed by atoms with E-state index in [1.54, 1.807) is 12.1 Å². The monoisotopic (exact) mass is 392 g/mol. The molecule has 2 aromatic heterocycles. The number of benzene rings is 2. The largest absolute Gasteiger partial charge is 0.446 e. The molecule has 7 heteroatoms. The molecule has 148 valence electrons. The fraction of sp³-hybridized carbons (Fsp3) is 0.182. The zero-order chi connectivity index (χ0) is 20.4. The van der Waals surface area contributed by atoms with Gasteiger partial charge >= 0.3 is 0 Å². The Morgan fingerprint density at radius 3 is 2.79 bits per heavy atom. The second-order valence-corrected chi connectivity index (χ2v) is 6.99. The van der Waals surface area contributed by atoms with Gasteiger partial charge < -0.3 is 20.5 Å². The number of hydrogen-bond acceptors (Lipinski definition) is 4. The van der Waals surface area contributed by atoms with Crippen molar-refractivity contribution in [1.82, 2.24) is 15.3 Å². The Morgan fingerprint density at radius 1 is 1.24 bits per heavy atom. The highest BCUT2D eigenvalue weighted by atomic mass is 19.1. The van der Waals surface area contributed by atoms with Gasteiger partial charge in [-0.1, -0.05) is 30.3 Å². The molecule has 4 N–H and O–H groups in total. The van der Waals surface area contributed by atoms with Crippen LogP contribution in [0.2, 0.25) is 0 Å². The number of carbonyl (C=O) groups is 1. The Labute approximate surface area is 166 Å². The van der Waals surface area contributed by atoms with Crippen molar-refractivity contribution in [3.05, 3.63) is 89.5 Å². The van der Waals surface area contributed by atoms with Gasteiger partial charge in [0.25, 0.3) is 5.91 Å². The molecule has 29 heavy (non-hydrogen) atoms. The van der Waals surface area contributed by atoms with Crippen molar-refractivity contribution in [1.29, 1.82) is 0 Å². The standard InChI is InChI=1S/C22H21FN4O2/c1-13(14-6-8-16(23)9-7-14)26-21(28)20-12-29-22(27-20)18(24)10-15-11-25-19-5-3-2-4-17(15)19/h2-9,11-13,18,25H,10,24H2,1H3,(H,26,28). The van der Waals surface area contributed by atoms with Crippen molar-refractivity contribution in [2.75, 3.05) is 0 Å². The van der Waals surface area contributed by atoms with Crippen LogP contribution in [0.4, 0.5) is 4.39 Å². The third-order valence-corrected chi connectivity index (χ3v) is 4.90. The first-order valence-corrected chi connectivity index (χ1v) is 9.33. The van der Waals surface area contributed by atoms with Gasteiger partial charge in [0.2, 0.25) is 5.89 Å². The number of nitrogens with two attached hydrogens (primary N) is 1. The van der Waals surface area contributed by atoms with Crippen LogP contribution in [0.5, 0.6) is 0 Å². The fourth-order valence-electron chi connectivity index (χ4n) is 3.29. The predicted octanol–water partition coefficient (Wildman–Crippen LogP) is 4.03. The predicted molar refractivity (Wildman–Crippen MR) is 108 cm³/mol. The quantitative estimate of drug-likeness (QED) is 0.461. The Bertz CT molecular complexity index is 1130. The molecule has 0 aliphatic rings. The number of aromatic nitrogens is 2. The molecular formula is C22H21FN4O2. The molecule has 2 atom stereocenters. The first-order chi connectivity index (χ1) is 14.0. The second kappa shape index (κ2) is 7.89. The molecule has 4 aromatic rings. The van der Waals surface area contributed by atoms with E-state index in [9.17, 15) is 9.18 Å². The molecule has 0 saturated carbocycles. The maximum Gasteiger partial charge on any atom is 0.273 e. The number of nitrogens with zero attached hydrogens (tertiary/aromatic N) is 1. The van der Waals surface area contributed by atoms with Crippen molar-refractivity contribution in [2.24, 2.45) is 5.73 Å². The van der Waals surface area contributed by atoms with Crippen LogP contribution < -0.4 is 11.1 Å². The Hall–Kier alpha value is -3.45. The lowest BCUT2D eigenvalue weighted by molar-refractivity contribution is 0.0934. The van der Waals surface area contributed by atoms with Crippen LogP contribution in [-0.2, 0) is 6.42 Å². The Kier molecular flexibility index (Phi) is 5.14. The lowest BCUT2D eigenvalue weighted by atomic mass is 10.1. The minimum Gasteiger partial charge on any atom is -0.446 e. The van der Waals surface area contributed by atoms with E-state index >= 15 is 0 Å². The van der Waals surface area contributed by atoms with Gasteiger partial charge in [-0.15, -0.1) is 0 Å². The zero-order valence-electron chi connectivity index (χ0n) is 15.9. The SMILES string of the molecule is CC(NC(=O)c1coc(C(N)Cc2c[nH]c3ccccc23)n1)c1ccc(F)cc1. The van der Waals surface area contributed by atoms with Gasteiger partial charge in [0.05, 0.1) is 12.1 Å². The molecular weight excluding hydrogens is 371 g/mol. The summed E-state index contributed by atoms with van der Waals surface area (Å²) >= 11 is 0. The number of carbonyl (C=O) groups excluding carboxylic acids is 1. The van der Waals surface area contributed by atoms with Crippen LogP contribution in [-0.4, -0.2) is 15.9 Å². The summed E-state index contributed by atoms with van der Waals surface area (Å²) in [5.41, 5.74) is 9.30. The molecule has 4 rings (SSSR count). The van der Waals surface area contributed by atoms with Crippen molar-refractivity contribution < 1.29 is 13.6 Å². The van der Waals surface area contributed by atoms with Crippen molar-refractivity contribution in [2.45, 2.75) is 25.4 Å². The minimum atomic E-state index is -0.481. The number of fused-ring (bicyclic) bond motifs is 1. The van der Waals surface area contributed by atoms with Gasteiger partial charge in [-0.05, 0) is 42.7 Å². The van der Waals surface area contributed by atoms with E-state index in [4.69, 9.17) is 10.2 Å². The van der Waals surface area contributed by atoms with Crippen molar-refractivity contribution in [3.63, 3.8) is 0 Å². The molecule has 0 fully saturated rings. The van der Waals surface area contributed by atoms with E-state index in [0.717, 1.165) is 22.0 Å². The molecule has 0 aliphatic carbocycles. The third-order valence-electron chi connectivity index (χ3n) is 4.90. The average Bonchev–Trinajstić information content (AvgIpc) is 3.36. The number of H-pyrrole nitrogens is 1. The van der Waals surface area contributed by atoms with Gasteiger partial charge in [0.15, 0.2) is 5.69 Å². The van der Waals surface area contributed by atoms with Crippen molar-refractivity contribution >= 4 is 16.8 Å². The first kappa shape index (κ1) is 18.9. The molecule has 0 saturated heterocycles. The number of amides is 1. The number of rotatable bonds is 6. The van der Waals surface area contributed by atoms with Crippen LogP contribution in [0.3, 0.4) is 0 Å². The summed E-state index contributed by atoms with van der Waals surface area (Å²) in [5.74, 6) is -0.399. The molecule has 2 aromatic carbocycles. The molecule has 0 radical (unpaired) electrons. The highest BCUT2D eigenvalue weighted by Gasteiger charge is 2.20. The summed E-state index contributed by atoms with van der Waals surface area (Å²) in [4.78, 5) is 19.9. The number of nitrogens with one attached hydrogen (secondary N) is 2. The summed E-state index contributed by atoms with van der Waals surface area (Å²) in [6.45, 7) is 1.81. The maximum atomic E-state index is 13.1. The van der Waals surface area contributed by atoms with E-state index < -0.39 is 6.04 Å². The summed E-state index contributed by atoms with van der Waals surface area (Å²) in [5, 5.41) is 3.92. The number of hydrogen-bond donors (Lipinski definition) is 3. The second-order valence-electron chi connectivity index (χ2n) is 6.99. The lowest BCUT2D eigenvalue weighted by Gasteiger charge is -2.13. The van der Waals surface area contributed by atoms with E-state index in [2.05, 4.69) is 15.3 Å². The Balaban J connectivity index is 1.43. The highest BCUT2D eigenvalue weighted by molar-refractivity contribution is 5.92. The summed E-state index contributed by atoms with van der Waals surface area (Å²) < 4.78 is 18.5. The van der Waals surface area contributed by atoms with Crippen LogP contribution >= 0.6 is 0 Å². The number of halogens is 1. The van der Waals surface area contributed by atoms with Crippen molar-refractivity contribution in [3.8, 4) is 0 Å². The first-order valence-electron chi connectivity index (χ1n) is 9.33. The lowest BCUT2D eigenvalue weighted by Crippen LogP contribution is -2.27. The highest BCUT2D eigenvalue weighted by Crippen LogP contribution is 2.23. The van der Waals surface area contributed by atoms with Gasteiger partial charge in [-0.3, -0.25) is 4.79 Å². The molecule has 6 nitrogen and oxygen atoms in total. The van der Waals surface area contributed by atoms with Gasteiger partial charge in [0, 0.05) is 17.1 Å². The molecule has 1 amide bonds. The van der Waals surface area contributed by atoms with Gasteiger partial charge in [-0.25, -0.2) is 9.37 Å². The van der Waals surface area contributed by atoms with Gasteiger partial charge in [-0.2, -0.15) is 0 Å². The smallest absolute Gasteiger partial charge is 0.273 e. The number of aromatic amines is 1. The van der Waals surface area contributed by atoms with E-state index in [0.29, 0.717) is 12.3 Å². The number of oxazole rings is 1. The minimum absolute atomic E-state index is 0.156. The maximum absolute atomic E-state index is 13.1. The zero-order valence-corrected chi connectivity index (χ0v) is 15.9. The Morgan fingerprint density at radius 2 is 2.00 bits per heavy atom. The van der Waals surface area contributed by atoms with Gasteiger partial charge in [0.1, 0.15) is 12.1 Å². The number of para-hydroxylation sites is 1. The fourth-order valence-corrected chi connectivity index (χ4v) is 3.29. The topological polar surface area (TPSA) is 96.9 Å². The van der Waals surface area contributed by atoms with E-state index in [-0.39, 0.29) is 23.5 Å². The molecule has 0 bridgehead atoms. The van der Waals surface area contributed by atoms with E-state index in [1.807, 2.05) is 37.4 Å². The third kappa shape index (κ3) is 4.05. The summed E-state index contributed by atoms with van der Waals surface area (Å²) in [6.07, 6.45) is 3.75.